The lowest BCUT2D eigenvalue weighted by Crippen LogP contribution is -2.49. The molecule has 2 amide bonds. The van der Waals surface area contributed by atoms with Gasteiger partial charge >= 0.3 is 0 Å². The number of hydrogen-bond acceptors (Lipinski definition) is 5. The lowest BCUT2D eigenvalue weighted by atomic mass is 10.1. The van der Waals surface area contributed by atoms with E-state index in [1.807, 2.05) is 52.0 Å². The maximum absolute atomic E-state index is 13.5. The molecule has 1 N–H and O–H groups in total. The van der Waals surface area contributed by atoms with E-state index in [0.717, 1.165) is 23.8 Å². The number of carbonyl (C=O) groups is 2. The maximum Gasteiger partial charge on any atom is 0.242 e. The number of ether oxygens (including phenoxy) is 1. The van der Waals surface area contributed by atoms with Gasteiger partial charge in [0.25, 0.3) is 0 Å². The van der Waals surface area contributed by atoms with Crippen molar-refractivity contribution in [1.29, 1.82) is 0 Å². The van der Waals surface area contributed by atoms with Gasteiger partial charge in [-0.05, 0) is 62.9 Å². The van der Waals surface area contributed by atoms with Crippen LogP contribution in [0.25, 0.3) is 0 Å². The maximum atomic E-state index is 13.5. The van der Waals surface area contributed by atoms with Crippen LogP contribution in [0.1, 0.15) is 57.6 Å². The minimum Gasteiger partial charge on any atom is -0.494 e. The molecule has 0 heterocycles. The molecular formula is C28H41N3O5S. The quantitative estimate of drug-likeness (QED) is 0.370. The number of nitrogens with zero attached hydrogens (tertiary/aromatic N) is 2. The number of amides is 2. The number of anilines is 1. The first-order valence-corrected chi connectivity index (χ1v) is 14.8. The summed E-state index contributed by atoms with van der Waals surface area (Å²) in [6.45, 7) is 9.27. The van der Waals surface area contributed by atoms with Gasteiger partial charge in [0.2, 0.25) is 21.8 Å². The van der Waals surface area contributed by atoms with Gasteiger partial charge in [-0.15, -0.1) is 0 Å². The van der Waals surface area contributed by atoms with E-state index in [4.69, 9.17) is 4.74 Å². The Morgan fingerprint density at radius 1 is 1.05 bits per heavy atom. The number of benzene rings is 2. The molecule has 2 aromatic rings. The monoisotopic (exact) mass is 531 g/mol. The fourth-order valence-electron chi connectivity index (χ4n) is 4.17. The number of carbonyl (C=O) groups excluding carboxylic acids is 2. The van der Waals surface area contributed by atoms with Crippen LogP contribution in [-0.4, -0.2) is 57.1 Å². The molecule has 2 aromatic carbocycles. The van der Waals surface area contributed by atoms with E-state index in [1.165, 1.54) is 4.31 Å². The lowest BCUT2D eigenvalue weighted by Gasteiger charge is -2.31. The first-order valence-electron chi connectivity index (χ1n) is 12.9. The molecule has 8 nitrogen and oxygen atoms in total. The van der Waals surface area contributed by atoms with Crippen molar-refractivity contribution in [2.75, 3.05) is 30.3 Å². The minimum absolute atomic E-state index is 0.117. The summed E-state index contributed by atoms with van der Waals surface area (Å²) < 4.78 is 31.8. The first kappa shape index (κ1) is 30.2. The molecule has 0 bridgehead atoms. The minimum atomic E-state index is -3.56. The summed E-state index contributed by atoms with van der Waals surface area (Å²) in [6.07, 6.45) is 2.87. The molecule has 0 aromatic heterocycles. The van der Waals surface area contributed by atoms with Crippen LogP contribution in [0.3, 0.4) is 0 Å². The molecule has 0 saturated carbocycles. The van der Waals surface area contributed by atoms with Gasteiger partial charge < -0.3 is 15.0 Å². The number of sulfonamides is 1. The third-order valence-electron chi connectivity index (χ3n) is 5.96. The van der Waals surface area contributed by atoms with Crippen molar-refractivity contribution in [3.05, 3.63) is 59.7 Å². The SMILES string of the molecule is CCCNC(=O)[C@H](CC)N(Cc1cccc(C)c1)C(=O)CCCN(c1ccc(OCC)cc1)S(C)(=O)=O. The molecule has 0 aliphatic carbocycles. The second-order valence-corrected chi connectivity index (χ2v) is 11.0. The lowest BCUT2D eigenvalue weighted by molar-refractivity contribution is -0.141. The topological polar surface area (TPSA) is 96.0 Å². The average Bonchev–Trinajstić information content (AvgIpc) is 2.85. The Kier molecular flexibility index (Phi) is 11.9. The fraction of sp³-hybridized carbons (Fsp3) is 0.500. The predicted molar refractivity (Wildman–Crippen MR) is 148 cm³/mol. The smallest absolute Gasteiger partial charge is 0.242 e. The van der Waals surface area contributed by atoms with Crippen LogP contribution in [0.2, 0.25) is 0 Å². The number of rotatable bonds is 15. The van der Waals surface area contributed by atoms with E-state index in [0.29, 0.717) is 44.0 Å². The second-order valence-electron chi connectivity index (χ2n) is 9.09. The molecule has 0 saturated heterocycles. The molecule has 0 spiro atoms. The van der Waals surface area contributed by atoms with Crippen LogP contribution in [-0.2, 0) is 26.2 Å². The van der Waals surface area contributed by atoms with Gasteiger partial charge in [-0.3, -0.25) is 13.9 Å². The highest BCUT2D eigenvalue weighted by Crippen LogP contribution is 2.23. The van der Waals surface area contributed by atoms with Crippen molar-refractivity contribution in [3.63, 3.8) is 0 Å². The van der Waals surface area contributed by atoms with Gasteiger partial charge in [0.05, 0.1) is 18.6 Å². The van der Waals surface area contributed by atoms with E-state index in [9.17, 15) is 18.0 Å². The Hall–Kier alpha value is -3.07. The Balaban J connectivity index is 2.19. The molecule has 1 atom stereocenters. The van der Waals surface area contributed by atoms with Crippen LogP contribution in [0.5, 0.6) is 5.75 Å². The van der Waals surface area contributed by atoms with Crippen LogP contribution in [0, 0.1) is 6.92 Å². The number of aryl methyl sites for hydroxylation is 1. The van der Waals surface area contributed by atoms with E-state index in [1.54, 1.807) is 29.2 Å². The van der Waals surface area contributed by atoms with E-state index in [2.05, 4.69) is 5.32 Å². The zero-order valence-corrected chi connectivity index (χ0v) is 23.5. The van der Waals surface area contributed by atoms with Gasteiger partial charge in [-0.25, -0.2) is 8.42 Å². The Morgan fingerprint density at radius 2 is 1.76 bits per heavy atom. The third kappa shape index (κ3) is 9.39. The molecule has 0 radical (unpaired) electrons. The Bertz CT molecular complexity index is 1120. The number of hydrogen-bond donors (Lipinski definition) is 1. The summed E-state index contributed by atoms with van der Waals surface area (Å²) in [4.78, 5) is 28.0. The largest absolute Gasteiger partial charge is 0.494 e. The normalized spacial score (nSPS) is 12.0. The van der Waals surface area contributed by atoms with Gasteiger partial charge in [0.1, 0.15) is 11.8 Å². The number of nitrogens with one attached hydrogen (secondary N) is 1. The molecule has 37 heavy (non-hydrogen) atoms. The summed E-state index contributed by atoms with van der Waals surface area (Å²) >= 11 is 0. The highest BCUT2D eigenvalue weighted by atomic mass is 32.2. The highest BCUT2D eigenvalue weighted by molar-refractivity contribution is 7.92. The Morgan fingerprint density at radius 3 is 2.32 bits per heavy atom. The zero-order chi connectivity index (χ0) is 27.4. The van der Waals surface area contributed by atoms with Crippen molar-refractivity contribution in [1.82, 2.24) is 10.2 Å². The van der Waals surface area contributed by atoms with Gasteiger partial charge in [0.15, 0.2) is 0 Å². The van der Waals surface area contributed by atoms with Crippen LogP contribution in [0.4, 0.5) is 5.69 Å². The van der Waals surface area contributed by atoms with E-state index >= 15 is 0 Å². The fourth-order valence-corrected chi connectivity index (χ4v) is 5.14. The molecule has 0 unspecified atom stereocenters. The highest BCUT2D eigenvalue weighted by Gasteiger charge is 2.28. The second kappa shape index (κ2) is 14.6. The van der Waals surface area contributed by atoms with Crippen LogP contribution in [0.15, 0.2) is 48.5 Å². The van der Waals surface area contributed by atoms with Crippen LogP contribution < -0.4 is 14.4 Å². The molecule has 2 rings (SSSR count). The van der Waals surface area contributed by atoms with Crippen molar-refractivity contribution in [2.24, 2.45) is 0 Å². The summed E-state index contributed by atoms with van der Waals surface area (Å²) in [6, 6.07) is 14.1. The van der Waals surface area contributed by atoms with Gasteiger partial charge in [-0.2, -0.15) is 0 Å². The van der Waals surface area contributed by atoms with Gasteiger partial charge in [0, 0.05) is 26.1 Å². The van der Waals surface area contributed by atoms with Crippen LogP contribution >= 0.6 is 0 Å². The van der Waals surface area contributed by atoms with Crippen molar-refractivity contribution in [3.8, 4) is 5.75 Å². The van der Waals surface area contributed by atoms with Crippen molar-refractivity contribution < 1.29 is 22.7 Å². The van der Waals surface area contributed by atoms with Crippen molar-refractivity contribution in [2.45, 2.75) is 66.0 Å². The molecular weight excluding hydrogens is 490 g/mol. The van der Waals surface area contributed by atoms with E-state index < -0.39 is 16.1 Å². The average molecular weight is 532 g/mol. The first-order chi connectivity index (χ1) is 17.6. The standard InChI is InChI=1S/C28H41N3O5S/c1-6-18-29-28(33)26(7-2)30(21-23-12-9-11-22(4)20-23)27(32)13-10-19-31(37(5,34)35)24-14-16-25(17-15-24)36-8-3/h9,11-12,14-17,20,26H,6-8,10,13,18-19,21H2,1-5H3,(H,29,33)/t26-/m0/s1. The predicted octanol–water partition coefficient (Wildman–Crippen LogP) is 4.27. The zero-order valence-electron chi connectivity index (χ0n) is 22.7. The molecule has 204 valence electrons. The Labute approximate surface area is 222 Å². The molecule has 0 fully saturated rings. The van der Waals surface area contributed by atoms with E-state index in [-0.39, 0.29) is 24.8 Å². The third-order valence-corrected chi connectivity index (χ3v) is 7.15. The molecule has 0 aliphatic rings. The summed E-state index contributed by atoms with van der Waals surface area (Å²) in [5.41, 5.74) is 2.54. The molecule has 9 heteroatoms. The molecule has 0 aliphatic heterocycles. The summed E-state index contributed by atoms with van der Waals surface area (Å²) in [7, 11) is -3.56. The van der Waals surface area contributed by atoms with Gasteiger partial charge in [-0.1, -0.05) is 43.7 Å². The summed E-state index contributed by atoms with van der Waals surface area (Å²) in [5.74, 6) is 0.311. The van der Waals surface area contributed by atoms with Crippen molar-refractivity contribution >= 4 is 27.5 Å². The summed E-state index contributed by atoms with van der Waals surface area (Å²) in [5, 5.41) is 2.91.